The molecule has 0 spiro atoms. The van der Waals surface area contributed by atoms with Gasteiger partial charge in [0.1, 0.15) is 19.2 Å². The molecule has 0 amide bonds. The van der Waals surface area contributed by atoms with E-state index in [9.17, 15) is 9.59 Å². The van der Waals surface area contributed by atoms with Crippen LogP contribution in [-0.4, -0.2) is 25.5 Å². The Balaban J connectivity index is 2.13. The van der Waals surface area contributed by atoms with Crippen LogP contribution in [0.3, 0.4) is 0 Å². The van der Waals surface area contributed by atoms with Crippen LogP contribution < -0.4 is 15.8 Å². The van der Waals surface area contributed by atoms with Crippen LogP contribution >= 0.6 is 0 Å². The van der Waals surface area contributed by atoms with Gasteiger partial charge in [-0.1, -0.05) is 29.7 Å². The van der Waals surface area contributed by atoms with Crippen LogP contribution in [-0.2, 0) is 11.2 Å². The molecular weight excluding hydrogens is 331 g/mol. The minimum absolute atomic E-state index is 0.383. The third kappa shape index (κ3) is 3.64. The minimum atomic E-state index is -1.07. The number of aliphatic carboxylic acids is 1. The summed E-state index contributed by atoms with van der Waals surface area (Å²) in [6.07, 6.45) is 0.386. The fourth-order valence-electron chi connectivity index (χ4n) is 2.93. The number of fused-ring (bicyclic) bond motifs is 1. The molecule has 0 aliphatic rings. The van der Waals surface area contributed by atoms with Crippen molar-refractivity contribution in [3.63, 3.8) is 0 Å². The Morgan fingerprint density at radius 1 is 1.19 bits per heavy atom. The molecule has 0 bridgehead atoms. The average molecular weight is 348 g/mol. The van der Waals surface area contributed by atoms with E-state index in [0.29, 0.717) is 39.7 Å². The van der Waals surface area contributed by atoms with E-state index in [1.807, 2.05) is 26.0 Å². The van der Waals surface area contributed by atoms with Gasteiger partial charge in [0.2, 0.25) is 0 Å². The van der Waals surface area contributed by atoms with E-state index in [0.717, 1.165) is 11.1 Å². The zero-order valence-corrected chi connectivity index (χ0v) is 14.5. The lowest BCUT2D eigenvalue weighted by Crippen LogP contribution is -2.13. The van der Waals surface area contributed by atoms with Crippen LogP contribution in [0.4, 0.5) is 0 Å². The van der Waals surface area contributed by atoms with Crippen molar-refractivity contribution in [2.24, 2.45) is 0 Å². The van der Waals surface area contributed by atoms with Crippen molar-refractivity contribution in [3.8, 4) is 5.75 Å². The first-order valence-electron chi connectivity index (χ1n) is 8.11. The normalized spacial score (nSPS) is 10.8. The highest BCUT2D eigenvalue weighted by atomic mass is 16.5. The number of aryl methyl sites for hydroxylation is 2. The fourth-order valence-corrected chi connectivity index (χ4v) is 2.93. The number of carboxylic acid groups (broad SMARTS) is 1. The first-order chi connectivity index (χ1) is 12.3. The van der Waals surface area contributed by atoms with E-state index < -0.39 is 18.2 Å². The van der Waals surface area contributed by atoms with Crippen LogP contribution in [0.25, 0.3) is 11.0 Å². The van der Waals surface area contributed by atoms with Crippen molar-refractivity contribution >= 4 is 30.2 Å². The zero-order chi connectivity index (χ0) is 18.8. The molecule has 3 aromatic rings. The summed E-state index contributed by atoms with van der Waals surface area (Å²) in [5.41, 5.74) is 3.58. The molecule has 1 heterocycles. The number of hydrogen-bond acceptors (Lipinski definition) is 4. The summed E-state index contributed by atoms with van der Waals surface area (Å²) in [5, 5.41) is 9.51. The van der Waals surface area contributed by atoms with Crippen LogP contribution in [0.1, 0.15) is 22.3 Å². The maximum Gasteiger partial charge on any atom is 0.341 e. The van der Waals surface area contributed by atoms with Gasteiger partial charge in [0, 0.05) is 12.0 Å². The molecule has 5 nitrogen and oxygen atoms in total. The number of rotatable bonds is 5. The summed E-state index contributed by atoms with van der Waals surface area (Å²) in [6.45, 7) is 3.17. The van der Waals surface area contributed by atoms with Gasteiger partial charge in [0.25, 0.3) is 0 Å². The van der Waals surface area contributed by atoms with Crippen molar-refractivity contribution in [1.82, 2.24) is 0 Å². The maximum absolute atomic E-state index is 12.5. The number of carboxylic acids is 1. The summed E-state index contributed by atoms with van der Waals surface area (Å²) in [4.78, 5) is 23.3. The Labute approximate surface area is 151 Å². The number of carbonyl (C=O) groups is 1. The second-order valence-electron chi connectivity index (χ2n) is 6.23. The van der Waals surface area contributed by atoms with E-state index in [1.165, 1.54) is 0 Å². The van der Waals surface area contributed by atoms with Crippen LogP contribution in [0.5, 0.6) is 5.75 Å². The maximum atomic E-state index is 12.5. The van der Waals surface area contributed by atoms with Crippen molar-refractivity contribution in [2.45, 2.75) is 20.3 Å². The third-order valence-electron chi connectivity index (χ3n) is 4.20. The Morgan fingerprint density at radius 2 is 1.88 bits per heavy atom. The molecule has 0 unspecified atom stereocenters. The second kappa shape index (κ2) is 7.08. The highest BCUT2D eigenvalue weighted by Crippen LogP contribution is 2.31. The monoisotopic (exact) mass is 348 g/mol. The first kappa shape index (κ1) is 17.8. The van der Waals surface area contributed by atoms with Gasteiger partial charge in [-0.15, -0.1) is 0 Å². The predicted octanol–water partition coefficient (Wildman–Crippen LogP) is 2.26. The Bertz CT molecular complexity index is 1030. The summed E-state index contributed by atoms with van der Waals surface area (Å²) >= 11 is 0. The Hall–Kier alpha value is -3.02. The van der Waals surface area contributed by atoms with Gasteiger partial charge < -0.3 is 14.3 Å². The predicted molar refractivity (Wildman–Crippen MR) is 99.7 cm³/mol. The Morgan fingerprint density at radius 3 is 2.54 bits per heavy atom. The number of ether oxygens (including phenoxy) is 1. The molecule has 130 valence electrons. The van der Waals surface area contributed by atoms with Gasteiger partial charge >= 0.3 is 11.6 Å². The molecular formula is C20H17BO5. The second-order valence-corrected chi connectivity index (χ2v) is 6.23. The molecule has 0 aliphatic heterocycles. The number of hydrogen-bond donors (Lipinski definition) is 1. The standard InChI is InChI=1S/C20H17BO5/c1-11-7-16(25-10-18(22)23)19-12(2)15(20(24)26-17(19)8-11)9-13-3-5-14(21)6-4-13/h3-8H,9-10H2,1-2H3,(H,22,23). The zero-order valence-electron chi connectivity index (χ0n) is 14.5. The van der Waals surface area contributed by atoms with Crippen molar-refractivity contribution < 1.29 is 19.1 Å². The minimum Gasteiger partial charge on any atom is -0.481 e. The molecule has 2 radical (unpaired) electrons. The molecule has 2 aromatic carbocycles. The molecule has 1 aromatic heterocycles. The number of benzene rings is 2. The van der Waals surface area contributed by atoms with Crippen molar-refractivity contribution in [2.75, 3.05) is 6.61 Å². The van der Waals surface area contributed by atoms with Crippen LogP contribution in [0.2, 0.25) is 0 Å². The topological polar surface area (TPSA) is 76.7 Å². The smallest absolute Gasteiger partial charge is 0.341 e. The third-order valence-corrected chi connectivity index (χ3v) is 4.20. The van der Waals surface area contributed by atoms with E-state index in [2.05, 4.69) is 0 Å². The molecule has 1 N–H and O–H groups in total. The van der Waals surface area contributed by atoms with E-state index >= 15 is 0 Å². The van der Waals surface area contributed by atoms with E-state index in [4.69, 9.17) is 22.1 Å². The molecule has 26 heavy (non-hydrogen) atoms. The van der Waals surface area contributed by atoms with Crippen LogP contribution in [0.15, 0.2) is 45.6 Å². The van der Waals surface area contributed by atoms with Crippen LogP contribution in [0, 0.1) is 13.8 Å². The van der Waals surface area contributed by atoms with Gasteiger partial charge in [0.05, 0.1) is 5.39 Å². The van der Waals surface area contributed by atoms with Gasteiger partial charge in [-0.05, 0) is 42.7 Å². The summed E-state index contributed by atoms with van der Waals surface area (Å²) in [5.74, 6) is -0.681. The SMILES string of the molecule is [B]c1ccc(Cc2c(C)c3c(OCC(=O)O)cc(C)cc3oc2=O)cc1. The summed E-state index contributed by atoms with van der Waals surface area (Å²) < 4.78 is 10.9. The van der Waals surface area contributed by atoms with E-state index in [-0.39, 0.29) is 0 Å². The molecule has 6 heteroatoms. The molecule has 0 saturated carbocycles. The average Bonchev–Trinajstić information content (AvgIpc) is 2.57. The quantitative estimate of drug-likeness (QED) is 0.565. The lowest BCUT2D eigenvalue weighted by Gasteiger charge is -2.13. The van der Waals surface area contributed by atoms with Gasteiger partial charge in [-0.3, -0.25) is 0 Å². The largest absolute Gasteiger partial charge is 0.481 e. The van der Waals surface area contributed by atoms with E-state index in [1.54, 1.807) is 24.3 Å². The van der Waals surface area contributed by atoms with Crippen molar-refractivity contribution in [1.29, 1.82) is 0 Å². The molecule has 0 aliphatic carbocycles. The van der Waals surface area contributed by atoms with Gasteiger partial charge in [-0.25, -0.2) is 9.59 Å². The molecule has 3 rings (SSSR count). The highest BCUT2D eigenvalue weighted by Gasteiger charge is 2.17. The van der Waals surface area contributed by atoms with Gasteiger partial charge in [0.15, 0.2) is 6.61 Å². The molecule has 0 saturated heterocycles. The van der Waals surface area contributed by atoms with Gasteiger partial charge in [-0.2, -0.15) is 0 Å². The lowest BCUT2D eigenvalue weighted by molar-refractivity contribution is -0.139. The fraction of sp³-hybridized carbons (Fsp3) is 0.200. The summed E-state index contributed by atoms with van der Waals surface area (Å²) in [7, 11) is 5.70. The Kier molecular flexibility index (Phi) is 4.84. The summed E-state index contributed by atoms with van der Waals surface area (Å²) in [6, 6.07) is 10.7. The van der Waals surface area contributed by atoms with Crippen molar-refractivity contribution in [3.05, 3.63) is 69.1 Å². The lowest BCUT2D eigenvalue weighted by atomic mass is 9.93. The first-order valence-corrected chi connectivity index (χ1v) is 8.11. The highest BCUT2D eigenvalue weighted by molar-refractivity contribution is 6.32. The molecule has 0 atom stereocenters. The molecule has 0 fully saturated rings.